The lowest BCUT2D eigenvalue weighted by atomic mass is 9.50. The van der Waals surface area contributed by atoms with Crippen molar-refractivity contribution in [3.8, 4) is 0 Å². The normalized spacial score (nSPS) is 44.9. The minimum atomic E-state index is -1.87. The summed E-state index contributed by atoms with van der Waals surface area (Å²) in [5.41, 5.74) is -0.354. The van der Waals surface area contributed by atoms with E-state index in [4.69, 9.17) is 14.2 Å². The zero-order chi connectivity index (χ0) is 42.4. The fraction of sp³-hybridized carbons (Fsp3) is 0.617. The quantitative estimate of drug-likeness (QED) is 0.146. The molecule has 0 aromatic rings. The van der Waals surface area contributed by atoms with Crippen LogP contribution >= 0.6 is 0 Å². The summed E-state index contributed by atoms with van der Waals surface area (Å²) in [5.74, 6) is -5.72. The summed E-state index contributed by atoms with van der Waals surface area (Å²) in [6.45, 7) is 8.85. The highest BCUT2D eigenvalue weighted by atomic mass is 16.5. The van der Waals surface area contributed by atoms with Crippen LogP contribution in [0.5, 0.6) is 0 Å². The molecule has 12 nitrogen and oxygen atoms in total. The van der Waals surface area contributed by atoms with E-state index >= 15 is 4.79 Å². The van der Waals surface area contributed by atoms with E-state index in [0.29, 0.717) is 24.0 Å². The first-order valence-electron chi connectivity index (χ1n) is 21.1. The molecule has 10 aliphatic carbocycles. The standard InChI is InChI=1S/C47H52O12/c1-17-20-12-26(20)45(4)25(17)14-29(35(48)39(45)52)44(3,42(55)58-7)16-24-22-13-27(22)46(5)28(24)15-30(36(49)40(46)53)47(43(56)59-8)10-9-19-21-11-23(21)33-32(19)34(47)31(37(50)38(33)51)18(2)41(54)57-6/h14-15,20-23,26-27,33-34,38-40,51-53H,9-13,16H2,1-8H3/b31-18-/t20-,21-,22-,23-,26-,27-,33?,34+,38-,39+,40+,44-,45-,46+,47+/m1/s1. The van der Waals surface area contributed by atoms with Gasteiger partial charge < -0.3 is 29.5 Å². The first-order valence-corrected chi connectivity index (χ1v) is 21.1. The maximum atomic E-state index is 15.0. The lowest BCUT2D eigenvalue weighted by molar-refractivity contribution is -0.156. The molecule has 0 aromatic heterocycles. The molecule has 0 bridgehead atoms. The van der Waals surface area contributed by atoms with Gasteiger partial charge in [-0.15, -0.1) is 0 Å². The number of aliphatic hydroxyl groups is 3. The van der Waals surface area contributed by atoms with E-state index < -0.39 is 87.1 Å². The summed E-state index contributed by atoms with van der Waals surface area (Å²) in [5, 5.41) is 35.6. The molecule has 0 amide bonds. The number of fused-ring (bicyclic) bond motifs is 9. The van der Waals surface area contributed by atoms with Crippen molar-refractivity contribution in [2.75, 3.05) is 21.3 Å². The number of Topliss-reactive ketones (excluding diaryl/α,β-unsaturated/α-hetero) is 3. The Bertz CT molecular complexity index is 2350. The number of hydrogen-bond acceptors (Lipinski definition) is 12. The van der Waals surface area contributed by atoms with Crippen molar-refractivity contribution < 1.29 is 58.3 Å². The van der Waals surface area contributed by atoms with Gasteiger partial charge in [0.1, 0.15) is 23.7 Å². The highest BCUT2D eigenvalue weighted by molar-refractivity contribution is 6.13. The van der Waals surface area contributed by atoms with Crippen molar-refractivity contribution in [3.05, 3.63) is 67.9 Å². The molecule has 15 atom stereocenters. The number of methoxy groups -OCH3 is 3. The van der Waals surface area contributed by atoms with Gasteiger partial charge in [-0.3, -0.25) is 24.0 Å². The number of carbonyl (C=O) groups is 6. The summed E-state index contributed by atoms with van der Waals surface area (Å²) in [6.07, 6.45) is 1.81. The van der Waals surface area contributed by atoms with Crippen LogP contribution in [0.1, 0.15) is 73.1 Å². The second-order valence-corrected chi connectivity index (χ2v) is 19.9. The second-order valence-electron chi connectivity index (χ2n) is 19.9. The summed E-state index contributed by atoms with van der Waals surface area (Å²) in [6, 6.07) is 0. The van der Waals surface area contributed by atoms with Gasteiger partial charge in [0.15, 0.2) is 17.3 Å². The number of allylic oxidation sites excluding steroid dienone is 5. The van der Waals surface area contributed by atoms with E-state index in [9.17, 15) is 39.3 Å². The predicted octanol–water partition coefficient (Wildman–Crippen LogP) is 3.79. The monoisotopic (exact) mass is 808 g/mol. The van der Waals surface area contributed by atoms with E-state index in [-0.39, 0.29) is 70.6 Å². The third-order valence-corrected chi connectivity index (χ3v) is 17.7. The summed E-state index contributed by atoms with van der Waals surface area (Å²) in [7, 11) is 3.65. The first kappa shape index (κ1) is 38.9. The maximum absolute atomic E-state index is 15.0. The van der Waals surface area contributed by atoms with Crippen molar-refractivity contribution in [1.29, 1.82) is 0 Å². The summed E-state index contributed by atoms with van der Waals surface area (Å²) >= 11 is 0. The van der Waals surface area contributed by atoms with Crippen molar-refractivity contribution in [1.82, 2.24) is 0 Å². The number of ether oxygens (including phenoxy) is 3. The smallest absolute Gasteiger partial charge is 0.333 e. The Morgan fingerprint density at radius 1 is 0.831 bits per heavy atom. The summed E-state index contributed by atoms with van der Waals surface area (Å²) < 4.78 is 16.1. The molecule has 59 heavy (non-hydrogen) atoms. The summed E-state index contributed by atoms with van der Waals surface area (Å²) in [4.78, 5) is 85.9. The van der Waals surface area contributed by atoms with E-state index in [0.717, 1.165) is 35.1 Å². The highest BCUT2D eigenvalue weighted by Gasteiger charge is 2.72. The Hall–Kier alpha value is -4.26. The number of carbonyl (C=O) groups excluding carboxylic acids is 6. The molecule has 312 valence electrons. The van der Waals surface area contributed by atoms with Crippen LogP contribution in [-0.2, 0) is 43.0 Å². The Morgan fingerprint density at radius 3 is 2.14 bits per heavy atom. The van der Waals surface area contributed by atoms with Gasteiger partial charge in [0.25, 0.3) is 0 Å². The van der Waals surface area contributed by atoms with Gasteiger partial charge in [0, 0.05) is 45.0 Å². The Kier molecular flexibility index (Phi) is 7.90. The number of ketones is 3. The molecule has 0 radical (unpaired) electrons. The van der Waals surface area contributed by atoms with Gasteiger partial charge in [-0.25, -0.2) is 4.79 Å². The lowest BCUT2D eigenvalue weighted by Crippen LogP contribution is -2.57. The van der Waals surface area contributed by atoms with Crippen LogP contribution < -0.4 is 0 Å². The molecule has 4 saturated carbocycles. The van der Waals surface area contributed by atoms with Crippen molar-refractivity contribution in [3.63, 3.8) is 0 Å². The molecular formula is C47H52O12. The molecule has 10 rings (SSSR count). The van der Waals surface area contributed by atoms with Crippen LogP contribution in [0.4, 0.5) is 0 Å². The molecule has 3 N–H and O–H groups in total. The average molecular weight is 809 g/mol. The van der Waals surface area contributed by atoms with Gasteiger partial charge in [0.2, 0.25) is 0 Å². The van der Waals surface area contributed by atoms with Gasteiger partial charge in [-0.2, -0.15) is 0 Å². The minimum absolute atomic E-state index is 0.00481. The van der Waals surface area contributed by atoms with Gasteiger partial charge in [-0.1, -0.05) is 48.3 Å². The van der Waals surface area contributed by atoms with Gasteiger partial charge >= 0.3 is 17.9 Å². The Balaban J connectivity index is 1.18. The van der Waals surface area contributed by atoms with E-state index in [1.165, 1.54) is 28.3 Å². The van der Waals surface area contributed by atoms with Crippen LogP contribution in [0.25, 0.3) is 0 Å². The molecule has 0 saturated heterocycles. The fourth-order valence-electron chi connectivity index (χ4n) is 14.4. The highest BCUT2D eigenvalue weighted by Crippen LogP contribution is 2.74. The molecule has 0 heterocycles. The van der Waals surface area contributed by atoms with Crippen LogP contribution in [0.3, 0.4) is 0 Å². The van der Waals surface area contributed by atoms with Crippen molar-refractivity contribution in [2.45, 2.75) is 91.5 Å². The van der Waals surface area contributed by atoms with E-state index in [2.05, 4.69) is 0 Å². The lowest BCUT2D eigenvalue weighted by Gasteiger charge is -2.51. The third-order valence-electron chi connectivity index (χ3n) is 17.7. The molecule has 10 aliphatic rings. The van der Waals surface area contributed by atoms with Crippen LogP contribution in [0.2, 0.25) is 0 Å². The number of hydrogen-bond donors (Lipinski definition) is 3. The molecule has 0 spiro atoms. The topological polar surface area (TPSA) is 191 Å². The van der Waals surface area contributed by atoms with Gasteiger partial charge in [-0.05, 0) is 106 Å². The average Bonchev–Trinajstić information content (AvgIpc) is 4.15. The molecular weight excluding hydrogens is 757 g/mol. The Labute approximate surface area is 342 Å². The molecule has 1 unspecified atom stereocenters. The van der Waals surface area contributed by atoms with Crippen LogP contribution in [-0.4, -0.2) is 90.2 Å². The largest absolute Gasteiger partial charge is 0.468 e. The zero-order valence-electron chi connectivity index (χ0n) is 34.8. The Morgan fingerprint density at radius 2 is 1.47 bits per heavy atom. The first-order chi connectivity index (χ1) is 27.8. The number of aliphatic hydroxyl groups excluding tert-OH is 3. The van der Waals surface area contributed by atoms with Crippen LogP contribution in [0, 0.1) is 69.0 Å². The SMILES string of the molecule is COC(=O)/C(C)=C1\C(=O)[C@H](O)C2C3=C(CC[C@](C(=O)OC)(C4=CC5=C(C[C@@](C)(C(=O)OC)C6=CC7=C(C)[C@H]8C[C@H]8[C@]7(C)[C@@H](O)C6=O)[C@H]6C[C@H]6[C@]5(C)[C@@H](O)C4=O)[C@H]31)[C@H]1C[C@@H]21. The molecule has 0 aliphatic heterocycles. The third kappa shape index (κ3) is 4.40. The van der Waals surface area contributed by atoms with Gasteiger partial charge in [0.05, 0.1) is 26.7 Å². The van der Waals surface area contributed by atoms with E-state index in [1.807, 2.05) is 20.8 Å². The zero-order valence-corrected chi connectivity index (χ0v) is 34.8. The molecule has 12 heteroatoms. The fourth-order valence-corrected chi connectivity index (χ4v) is 14.4. The maximum Gasteiger partial charge on any atom is 0.333 e. The van der Waals surface area contributed by atoms with Crippen LogP contribution in [0.15, 0.2) is 67.9 Å². The molecule has 4 fully saturated rings. The van der Waals surface area contributed by atoms with Crippen molar-refractivity contribution in [2.24, 2.45) is 69.0 Å². The number of rotatable bonds is 7. The van der Waals surface area contributed by atoms with E-state index in [1.54, 1.807) is 19.1 Å². The minimum Gasteiger partial charge on any atom is -0.468 e. The second kappa shape index (κ2) is 12.0. The van der Waals surface area contributed by atoms with Crippen molar-refractivity contribution >= 4 is 35.3 Å². The predicted molar refractivity (Wildman–Crippen MR) is 207 cm³/mol. The molecule has 0 aromatic carbocycles. The number of esters is 3.